The molecule has 0 aromatic heterocycles. The molecule has 94 valence electrons. The lowest BCUT2D eigenvalue weighted by molar-refractivity contribution is 0.254. The van der Waals surface area contributed by atoms with Crippen LogP contribution in [0.4, 0.5) is 0 Å². The third-order valence-corrected chi connectivity index (χ3v) is 4.87. The quantitative estimate of drug-likeness (QED) is 0.767. The van der Waals surface area contributed by atoms with Crippen molar-refractivity contribution in [3.8, 4) is 0 Å². The van der Waals surface area contributed by atoms with Crippen LogP contribution in [0.25, 0.3) is 0 Å². The summed E-state index contributed by atoms with van der Waals surface area (Å²) < 4.78 is 0. The van der Waals surface area contributed by atoms with Crippen molar-refractivity contribution in [3.05, 3.63) is 0 Å². The van der Waals surface area contributed by atoms with E-state index < -0.39 is 0 Å². The minimum Gasteiger partial charge on any atom is -0.317 e. The van der Waals surface area contributed by atoms with Crippen molar-refractivity contribution in [2.75, 3.05) is 14.1 Å². The summed E-state index contributed by atoms with van der Waals surface area (Å²) in [7, 11) is 4.23. The molecule has 2 N–H and O–H groups in total. The molecule has 2 fully saturated rings. The Bertz CT molecular complexity index is 197. The van der Waals surface area contributed by atoms with Crippen molar-refractivity contribution >= 4 is 0 Å². The fraction of sp³-hybridized carbons (Fsp3) is 1.00. The van der Waals surface area contributed by atoms with Crippen molar-refractivity contribution < 1.29 is 0 Å². The smallest absolute Gasteiger partial charge is 0.00668 e. The summed E-state index contributed by atoms with van der Waals surface area (Å²) in [5, 5.41) is 6.86. The zero-order chi connectivity index (χ0) is 11.4. The van der Waals surface area contributed by atoms with E-state index in [9.17, 15) is 0 Å². The Hall–Kier alpha value is -0.0800. The highest BCUT2D eigenvalue weighted by Gasteiger charge is 2.27. The van der Waals surface area contributed by atoms with E-state index in [1.54, 1.807) is 0 Å². The van der Waals surface area contributed by atoms with E-state index in [2.05, 4.69) is 24.7 Å². The molecule has 0 saturated heterocycles. The Kier molecular flexibility index (Phi) is 4.66. The van der Waals surface area contributed by atoms with Gasteiger partial charge in [-0.25, -0.2) is 0 Å². The van der Waals surface area contributed by atoms with Gasteiger partial charge in [0.1, 0.15) is 0 Å². The molecule has 0 aromatic rings. The molecule has 2 nitrogen and oxygen atoms in total. The zero-order valence-electron chi connectivity index (χ0n) is 11.0. The molecule has 0 amide bonds. The fourth-order valence-electron chi connectivity index (χ4n) is 3.71. The van der Waals surface area contributed by atoms with Crippen LogP contribution in [0, 0.1) is 11.8 Å². The second-order valence-corrected chi connectivity index (χ2v) is 5.91. The predicted octanol–water partition coefficient (Wildman–Crippen LogP) is 2.54. The van der Waals surface area contributed by atoms with Crippen molar-refractivity contribution in [1.82, 2.24) is 10.6 Å². The van der Waals surface area contributed by atoms with Crippen LogP contribution in [-0.4, -0.2) is 26.2 Å². The van der Waals surface area contributed by atoms with Crippen LogP contribution >= 0.6 is 0 Å². The Labute approximate surface area is 101 Å². The highest BCUT2D eigenvalue weighted by molar-refractivity contribution is 4.83. The average molecular weight is 224 g/mol. The summed E-state index contributed by atoms with van der Waals surface area (Å²) in [6.07, 6.45) is 11.6. The Morgan fingerprint density at radius 1 is 0.750 bits per heavy atom. The standard InChI is InChI=1S/C14H28N2/c1-15-13-6-3-11(4-7-13)9-12-5-8-14(10-12)16-2/h11-16H,3-10H2,1-2H3. The number of nitrogens with one attached hydrogen (secondary N) is 2. The first-order chi connectivity index (χ1) is 7.81. The summed E-state index contributed by atoms with van der Waals surface area (Å²) in [6.45, 7) is 0. The van der Waals surface area contributed by atoms with Crippen LogP contribution in [0.1, 0.15) is 51.4 Å². The van der Waals surface area contributed by atoms with E-state index in [-0.39, 0.29) is 0 Å². The summed E-state index contributed by atoms with van der Waals surface area (Å²) >= 11 is 0. The molecular formula is C14H28N2. The average Bonchev–Trinajstić information content (AvgIpc) is 2.78. The van der Waals surface area contributed by atoms with Crippen LogP contribution in [0.5, 0.6) is 0 Å². The molecule has 2 unspecified atom stereocenters. The van der Waals surface area contributed by atoms with Gasteiger partial charge in [0.25, 0.3) is 0 Å². The van der Waals surface area contributed by atoms with Gasteiger partial charge >= 0.3 is 0 Å². The van der Waals surface area contributed by atoms with Crippen molar-refractivity contribution in [3.63, 3.8) is 0 Å². The molecule has 2 atom stereocenters. The fourth-order valence-corrected chi connectivity index (χ4v) is 3.71. The minimum absolute atomic E-state index is 0.810. The highest BCUT2D eigenvalue weighted by Crippen LogP contribution is 2.36. The van der Waals surface area contributed by atoms with Crippen molar-refractivity contribution in [1.29, 1.82) is 0 Å². The van der Waals surface area contributed by atoms with Gasteiger partial charge in [-0.15, -0.1) is 0 Å². The summed E-state index contributed by atoms with van der Waals surface area (Å²) in [4.78, 5) is 0. The molecule has 2 heteroatoms. The molecule has 0 radical (unpaired) electrons. The Morgan fingerprint density at radius 2 is 1.31 bits per heavy atom. The lowest BCUT2D eigenvalue weighted by atomic mass is 9.80. The first-order valence-electron chi connectivity index (χ1n) is 7.16. The second kappa shape index (κ2) is 6.02. The maximum absolute atomic E-state index is 3.44. The molecule has 0 heterocycles. The van der Waals surface area contributed by atoms with Gasteiger partial charge in [0.05, 0.1) is 0 Å². The number of hydrogen-bond donors (Lipinski definition) is 2. The van der Waals surface area contributed by atoms with Crippen molar-refractivity contribution in [2.24, 2.45) is 11.8 Å². The Morgan fingerprint density at radius 3 is 1.88 bits per heavy atom. The first kappa shape index (κ1) is 12.4. The number of rotatable bonds is 4. The van der Waals surface area contributed by atoms with Gasteiger partial charge in [-0.1, -0.05) is 0 Å². The third-order valence-electron chi connectivity index (χ3n) is 4.87. The van der Waals surface area contributed by atoms with E-state index in [4.69, 9.17) is 0 Å². The normalized spacial score (nSPS) is 40.1. The molecular weight excluding hydrogens is 196 g/mol. The predicted molar refractivity (Wildman–Crippen MR) is 69.6 cm³/mol. The molecule has 2 saturated carbocycles. The first-order valence-corrected chi connectivity index (χ1v) is 7.16. The van der Waals surface area contributed by atoms with E-state index in [0.29, 0.717) is 0 Å². The molecule has 2 aliphatic rings. The SMILES string of the molecule is CNC1CCC(CC2CCC(NC)C2)CC1. The van der Waals surface area contributed by atoms with Gasteiger partial charge in [-0.05, 0) is 77.3 Å². The van der Waals surface area contributed by atoms with E-state index in [1.807, 2.05) is 0 Å². The molecule has 0 bridgehead atoms. The molecule has 0 spiro atoms. The van der Waals surface area contributed by atoms with E-state index in [0.717, 1.165) is 23.9 Å². The lowest BCUT2D eigenvalue weighted by Crippen LogP contribution is -2.30. The maximum atomic E-state index is 3.44. The van der Waals surface area contributed by atoms with Crippen molar-refractivity contribution in [2.45, 2.75) is 63.5 Å². The Balaban J connectivity index is 1.67. The topological polar surface area (TPSA) is 24.1 Å². The highest BCUT2D eigenvalue weighted by atomic mass is 14.9. The maximum Gasteiger partial charge on any atom is 0.00668 e. The van der Waals surface area contributed by atoms with Gasteiger partial charge < -0.3 is 10.6 Å². The monoisotopic (exact) mass is 224 g/mol. The van der Waals surface area contributed by atoms with Gasteiger partial charge in [-0.3, -0.25) is 0 Å². The number of hydrogen-bond acceptors (Lipinski definition) is 2. The molecule has 16 heavy (non-hydrogen) atoms. The van der Waals surface area contributed by atoms with Crippen LogP contribution in [0.15, 0.2) is 0 Å². The molecule has 2 aliphatic carbocycles. The zero-order valence-corrected chi connectivity index (χ0v) is 11.0. The third kappa shape index (κ3) is 3.21. The summed E-state index contributed by atoms with van der Waals surface area (Å²) in [6, 6.07) is 1.63. The summed E-state index contributed by atoms with van der Waals surface area (Å²) in [5.41, 5.74) is 0. The van der Waals surface area contributed by atoms with Crippen LogP contribution in [0.2, 0.25) is 0 Å². The minimum atomic E-state index is 0.810. The van der Waals surface area contributed by atoms with E-state index in [1.165, 1.54) is 51.4 Å². The summed E-state index contributed by atoms with van der Waals surface area (Å²) in [5.74, 6) is 2.05. The largest absolute Gasteiger partial charge is 0.317 e. The van der Waals surface area contributed by atoms with Gasteiger partial charge in [0.2, 0.25) is 0 Å². The van der Waals surface area contributed by atoms with Gasteiger partial charge in [-0.2, -0.15) is 0 Å². The van der Waals surface area contributed by atoms with Gasteiger partial charge in [0, 0.05) is 12.1 Å². The van der Waals surface area contributed by atoms with Gasteiger partial charge in [0.15, 0.2) is 0 Å². The van der Waals surface area contributed by atoms with E-state index >= 15 is 0 Å². The van der Waals surface area contributed by atoms with Crippen LogP contribution < -0.4 is 10.6 Å². The lowest BCUT2D eigenvalue weighted by Gasteiger charge is -2.29. The molecule has 2 rings (SSSR count). The molecule has 0 aliphatic heterocycles. The van der Waals surface area contributed by atoms with Crippen LogP contribution in [0.3, 0.4) is 0 Å². The molecule has 0 aromatic carbocycles. The van der Waals surface area contributed by atoms with Crippen LogP contribution in [-0.2, 0) is 0 Å². The second-order valence-electron chi connectivity index (χ2n) is 5.91.